The minimum absolute atomic E-state index is 0.000305. The molecule has 180 valence electrons. The molecular formula is C30H33N3O2. The Labute approximate surface area is 204 Å². The zero-order valence-corrected chi connectivity index (χ0v) is 20.6. The molecule has 0 atom stereocenters. The van der Waals surface area contributed by atoms with Crippen molar-refractivity contribution < 1.29 is 0 Å². The number of aromatic amines is 2. The average molecular weight is 468 g/mol. The highest BCUT2D eigenvalue weighted by Gasteiger charge is 2.13. The predicted octanol–water partition coefficient (Wildman–Crippen LogP) is 6.12. The SMILES string of the molecule is CCCCN(CCCC)CCc1cccc2c(=O)c3cc4[nH]c5ccccc5c(=O)c4cc3[nH]c12. The number of H-pyrrole nitrogens is 2. The maximum Gasteiger partial charge on any atom is 0.197 e. The van der Waals surface area contributed by atoms with Crippen molar-refractivity contribution in [1.82, 2.24) is 14.9 Å². The number of nitrogens with zero attached hydrogens (tertiary/aromatic N) is 1. The van der Waals surface area contributed by atoms with E-state index < -0.39 is 0 Å². The third kappa shape index (κ3) is 4.48. The van der Waals surface area contributed by atoms with E-state index in [1.54, 1.807) is 0 Å². The molecule has 5 rings (SSSR count). The number of pyridine rings is 2. The summed E-state index contributed by atoms with van der Waals surface area (Å²) < 4.78 is 0. The summed E-state index contributed by atoms with van der Waals surface area (Å²) in [5.41, 5.74) is 4.18. The molecule has 0 fully saturated rings. The number of aromatic nitrogens is 2. The Kier molecular flexibility index (Phi) is 6.69. The van der Waals surface area contributed by atoms with Crippen LogP contribution < -0.4 is 10.9 Å². The summed E-state index contributed by atoms with van der Waals surface area (Å²) in [6.45, 7) is 7.67. The molecule has 0 spiro atoms. The zero-order valence-electron chi connectivity index (χ0n) is 20.6. The molecule has 0 radical (unpaired) electrons. The van der Waals surface area contributed by atoms with E-state index in [0.29, 0.717) is 32.6 Å². The molecule has 0 aliphatic rings. The lowest BCUT2D eigenvalue weighted by molar-refractivity contribution is 0.268. The Bertz CT molecular complexity index is 1620. The lowest BCUT2D eigenvalue weighted by Crippen LogP contribution is -2.28. The maximum atomic E-state index is 13.5. The Morgan fingerprint density at radius 2 is 1.29 bits per heavy atom. The van der Waals surface area contributed by atoms with E-state index in [9.17, 15) is 9.59 Å². The molecule has 0 bridgehead atoms. The van der Waals surface area contributed by atoms with Crippen LogP contribution in [0.5, 0.6) is 0 Å². The van der Waals surface area contributed by atoms with Crippen LogP contribution in [-0.4, -0.2) is 34.5 Å². The minimum Gasteiger partial charge on any atom is -0.354 e. The van der Waals surface area contributed by atoms with Crippen LogP contribution in [-0.2, 0) is 6.42 Å². The van der Waals surface area contributed by atoms with Gasteiger partial charge in [0.2, 0.25) is 0 Å². The summed E-state index contributed by atoms with van der Waals surface area (Å²) >= 11 is 0. The van der Waals surface area contributed by atoms with Gasteiger partial charge in [-0.05, 0) is 68.2 Å². The molecule has 2 heterocycles. The summed E-state index contributed by atoms with van der Waals surface area (Å²) in [6, 6.07) is 17.2. The standard InChI is InChI=1S/C30H33N3O2/c1-3-5-15-33(16-6-4-2)17-14-20-10-9-12-22-28(20)32-27-19-23-26(18-24(27)30(22)35)31-25-13-8-7-11-21(25)29(23)34/h7-13,18-19H,3-6,14-17H2,1-2H3,(H,31,34)(H,32,35). The highest BCUT2D eigenvalue weighted by Crippen LogP contribution is 2.23. The number of hydrogen-bond acceptors (Lipinski definition) is 3. The summed E-state index contributed by atoms with van der Waals surface area (Å²) in [7, 11) is 0. The fraction of sp³-hybridized carbons (Fsp3) is 0.333. The van der Waals surface area contributed by atoms with E-state index in [1.807, 2.05) is 48.5 Å². The van der Waals surface area contributed by atoms with Crippen molar-refractivity contribution in [3.05, 3.63) is 80.6 Å². The Balaban J connectivity index is 1.60. The van der Waals surface area contributed by atoms with Gasteiger partial charge < -0.3 is 14.9 Å². The largest absolute Gasteiger partial charge is 0.354 e. The van der Waals surface area contributed by atoms with Crippen LogP contribution in [0.15, 0.2) is 64.2 Å². The molecule has 0 aliphatic carbocycles. The van der Waals surface area contributed by atoms with Crippen LogP contribution in [0.2, 0.25) is 0 Å². The summed E-state index contributed by atoms with van der Waals surface area (Å²) in [5.74, 6) is 0. The van der Waals surface area contributed by atoms with Crippen LogP contribution in [0, 0.1) is 0 Å². The molecule has 5 aromatic rings. The summed E-state index contributed by atoms with van der Waals surface area (Å²) in [5, 5.41) is 2.54. The van der Waals surface area contributed by atoms with Gasteiger partial charge >= 0.3 is 0 Å². The third-order valence-electron chi connectivity index (χ3n) is 7.10. The van der Waals surface area contributed by atoms with E-state index in [-0.39, 0.29) is 10.9 Å². The van der Waals surface area contributed by atoms with Crippen molar-refractivity contribution in [2.45, 2.75) is 46.0 Å². The van der Waals surface area contributed by atoms with E-state index in [0.717, 1.165) is 42.7 Å². The van der Waals surface area contributed by atoms with Crippen molar-refractivity contribution in [3.63, 3.8) is 0 Å². The molecule has 0 saturated heterocycles. The van der Waals surface area contributed by atoms with Gasteiger partial charge in [0.15, 0.2) is 10.9 Å². The Hall–Kier alpha value is -3.44. The lowest BCUT2D eigenvalue weighted by Gasteiger charge is -2.22. The highest BCUT2D eigenvalue weighted by molar-refractivity contribution is 6.03. The third-order valence-corrected chi connectivity index (χ3v) is 7.10. The van der Waals surface area contributed by atoms with Crippen LogP contribution in [0.3, 0.4) is 0 Å². The number of nitrogens with one attached hydrogen (secondary N) is 2. The topological polar surface area (TPSA) is 69.0 Å². The highest BCUT2D eigenvalue weighted by atomic mass is 16.1. The fourth-order valence-corrected chi connectivity index (χ4v) is 5.06. The number of unbranched alkanes of at least 4 members (excludes halogenated alkanes) is 2. The zero-order chi connectivity index (χ0) is 24.4. The van der Waals surface area contributed by atoms with Crippen molar-refractivity contribution in [2.24, 2.45) is 0 Å². The van der Waals surface area contributed by atoms with Crippen LogP contribution in [0.4, 0.5) is 0 Å². The normalized spacial score (nSPS) is 12.0. The Morgan fingerprint density at radius 1 is 0.657 bits per heavy atom. The second kappa shape index (κ2) is 10.0. The van der Waals surface area contributed by atoms with Gasteiger partial charge in [0.1, 0.15) is 0 Å². The van der Waals surface area contributed by atoms with Gasteiger partial charge in [-0.25, -0.2) is 0 Å². The van der Waals surface area contributed by atoms with Gasteiger partial charge in [-0.2, -0.15) is 0 Å². The van der Waals surface area contributed by atoms with Crippen LogP contribution in [0.1, 0.15) is 45.1 Å². The van der Waals surface area contributed by atoms with Gasteiger partial charge in [-0.3, -0.25) is 9.59 Å². The number of benzene rings is 3. The van der Waals surface area contributed by atoms with E-state index in [4.69, 9.17) is 0 Å². The Morgan fingerprint density at radius 3 is 2.00 bits per heavy atom. The number of para-hydroxylation sites is 2. The van der Waals surface area contributed by atoms with Crippen LogP contribution in [0.25, 0.3) is 43.6 Å². The molecule has 2 aromatic heterocycles. The number of hydrogen-bond donors (Lipinski definition) is 2. The van der Waals surface area contributed by atoms with Crippen molar-refractivity contribution in [2.75, 3.05) is 19.6 Å². The first-order valence-corrected chi connectivity index (χ1v) is 12.9. The monoisotopic (exact) mass is 467 g/mol. The molecule has 2 N–H and O–H groups in total. The second-order valence-corrected chi connectivity index (χ2v) is 9.54. The van der Waals surface area contributed by atoms with Crippen molar-refractivity contribution in [3.8, 4) is 0 Å². The van der Waals surface area contributed by atoms with E-state index >= 15 is 0 Å². The first-order chi connectivity index (χ1) is 17.1. The van der Waals surface area contributed by atoms with Gasteiger partial charge in [0, 0.05) is 33.6 Å². The number of rotatable bonds is 9. The lowest BCUT2D eigenvalue weighted by atomic mass is 10.0. The van der Waals surface area contributed by atoms with E-state index in [2.05, 4.69) is 34.8 Å². The molecule has 5 nitrogen and oxygen atoms in total. The maximum absolute atomic E-state index is 13.5. The molecule has 3 aromatic carbocycles. The molecule has 0 aliphatic heterocycles. The first kappa shape index (κ1) is 23.3. The van der Waals surface area contributed by atoms with Gasteiger partial charge in [0.25, 0.3) is 0 Å². The molecular weight excluding hydrogens is 434 g/mol. The van der Waals surface area contributed by atoms with Gasteiger partial charge in [0.05, 0.1) is 16.6 Å². The predicted molar refractivity (Wildman–Crippen MR) is 148 cm³/mol. The molecule has 0 amide bonds. The first-order valence-electron chi connectivity index (χ1n) is 12.9. The second-order valence-electron chi connectivity index (χ2n) is 9.54. The minimum atomic E-state index is -0.0204. The molecule has 0 saturated carbocycles. The van der Waals surface area contributed by atoms with E-state index in [1.165, 1.54) is 25.7 Å². The van der Waals surface area contributed by atoms with Crippen molar-refractivity contribution in [1.29, 1.82) is 0 Å². The fourth-order valence-electron chi connectivity index (χ4n) is 5.06. The smallest absolute Gasteiger partial charge is 0.197 e. The van der Waals surface area contributed by atoms with Gasteiger partial charge in [-0.1, -0.05) is 51.0 Å². The van der Waals surface area contributed by atoms with Gasteiger partial charge in [-0.15, -0.1) is 0 Å². The molecule has 35 heavy (non-hydrogen) atoms. The molecule has 0 unspecified atom stereocenters. The quantitative estimate of drug-likeness (QED) is 0.257. The molecule has 5 heteroatoms. The van der Waals surface area contributed by atoms with Crippen LogP contribution >= 0.6 is 0 Å². The van der Waals surface area contributed by atoms with Crippen molar-refractivity contribution >= 4 is 43.6 Å². The summed E-state index contributed by atoms with van der Waals surface area (Å²) in [6.07, 6.45) is 5.68. The number of fused-ring (bicyclic) bond motifs is 4. The summed E-state index contributed by atoms with van der Waals surface area (Å²) in [4.78, 5) is 36.1. The average Bonchev–Trinajstić information content (AvgIpc) is 2.88.